The number of ether oxygens (including phenoxy) is 2. The van der Waals surface area contributed by atoms with Crippen LogP contribution in [0.4, 0.5) is 0 Å². The maximum Gasteiger partial charge on any atom is 0.217 e. The van der Waals surface area contributed by atoms with Gasteiger partial charge in [0.25, 0.3) is 0 Å². The number of benzene rings is 3. The van der Waals surface area contributed by atoms with Gasteiger partial charge in [0, 0.05) is 32.5 Å². The Balaban J connectivity index is 0.00000229. The van der Waals surface area contributed by atoms with Crippen molar-refractivity contribution in [3.63, 3.8) is 0 Å². The first-order valence-corrected chi connectivity index (χ1v) is 11.5. The van der Waals surface area contributed by atoms with Crippen LogP contribution >= 0.6 is 0 Å². The molecule has 2 aliphatic rings. The van der Waals surface area contributed by atoms with Crippen molar-refractivity contribution in [3.8, 4) is 17.4 Å². The molecule has 0 amide bonds. The van der Waals surface area contributed by atoms with E-state index >= 15 is 0 Å². The van der Waals surface area contributed by atoms with Crippen molar-refractivity contribution in [1.29, 1.82) is 0 Å². The summed E-state index contributed by atoms with van der Waals surface area (Å²) in [6, 6.07) is 20.7. The van der Waals surface area contributed by atoms with Crippen LogP contribution in [0.25, 0.3) is 32.8 Å². The summed E-state index contributed by atoms with van der Waals surface area (Å²) in [5.74, 6) is 1.52. The normalized spacial score (nSPS) is 18.9. The summed E-state index contributed by atoms with van der Waals surface area (Å²) in [5.41, 5.74) is 3.66. The average molecular weight is 645 g/mol. The van der Waals surface area contributed by atoms with E-state index in [0.29, 0.717) is 28.6 Å². The van der Waals surface area contributed by atoms with Crippen LogP contribution in [0, 0.1) is 13.0 Å². The molecule has 35 heavy (non-hydrogen) atoms. The molecular weight excluding hydrogens is 623 g/mol. The van der Waals surface area contributed by atoms with Crippen molar-refractivity contribution in [3.05, 3.63) is 71.8 Å². The van der Waals surface area contributed by atoms with Crippen LogP contribution in [-0.2, 0) is 25.8 Å². The third-order valence-electron chi connectivity index (χ3n) is 6.67. The first-order valence-electron chi connectivity index (χ1n) is 11.5. The fraction of sp³-hybridized carbons (Fsp3) is 0.214. The predicted molar refractivity (Wildman–Crippen MR) is 130 cm³/mol. The molecule has 3 heterocycles. The van der Waals surface area contributed by atoms with Gasteiger partial charge in [-0.15, -0.1) is 0 Å². The van der Waals surface area contributed by atoms with Gasteiger partial charge in [-0.05, 0) is 61.4 Å². The Labute approximate surface area is 215 Å². The number of phenols is 1. The van der Waals surface area contributed by atoms with Gasteiger partial charge in [0.15, 0.2) is 0 Å². The Hall–Kier alpha value is -3.37. The van der Waals surface area contributed by atoms with E-state index in [1.165, 1.54) is 0 Å². The number of aromatic nitrogens is 1. The van der Waals surface area contributed by atoms with Gasteiger partial charge in [0.2, 0.25) is 5.88 Å². The summed E-state index contributed by atoms with van der Waals surface area (Å²) in [4.78, 5) is 9.41. The molecule has 7 heteroatoms. The van der Waals surface area contributed by atoms with Crippen LogP contribution in [0.15, 0.2) is 64.0 Å². The van der Waals surface area contributed by atoms with E-state index in [0.717, 1.165) is 52.1 Å². The minimum absolute atomic E-state index is 0. The third kappa shape index (κ3) is 3.68. The van der Waals surface area contributed by atoms with Gasteiger partial charge in [0.1, 0.15) is 28.9 Å². The summed E-state index contributed by atoms with van der Waals surface area (Å²) in [6.07, 6.45) is 3.34. The summed E-state index contributed by atoms with van der Waals surface area (Å²) in [7, 11) is 0. The first kappa shape index (κ1) is 22.1. The maximum absolute atomic E-state index is 10.4. The van der Waals surface area contributed by atoms with Crippen LogP contribution in [0.1, 0.15) is 30.4 Å². The van der Waals surface area contributed by atoms with Gasteiger partial charge in [-0.3, -0.25) is 4.99 Å². The largest absolute Gasteiger partial charge is 0.515 e. The second kappa shape index (κ2) is 8.38. The third-order valence-corrected chi connectivity index (χ3v) is 6.67. The van der Waals surface area contributed by atoms with Crippen LogP contribution < -0.4 is 4.74 Å². The molecular formula is C28H21N2O4Pt-. The second-order valence-corrected chi connectivity index (χ2v) is 9.04. The van der Waals surface area contributed by atoms with Gasteiger partial charge < -0.3 is 19.0 Å². The first-order chi connectivity index (χ1) is 16.6. The molecule has 1 aliphatic carbocycles. The van der Waals surface area contributed by atoms with E-state index in [1.807, 2.05) is 49.4 Å². The molecule has 7 rings (SSSR count). The van der Waals surface area contributed by atoms with Crippen molar-refractivity contribution in [2.75, 3.05) is 0 Å². The molecule has 2 atom stereocenters. The number of furan rings is 1. The second-order valence-electron chi connectivity index (χ2n) is 9.04. The Morgan fingerprint density at radius 2 is 1.94 bits per heavy atom. The zero-order valence-corrected chi connectivity index (χ0v) is 21.1. The predicted octanol–water partition coefficient (Wildman–Crippen LogP) is 6.44. The van der Waals surface area contributed by atoms with Gasteiger partial charge in [-0.1, -0.05) is 41.3 Å². The molecule has 0 spiro atoms. The van der Waals surface area contributed by atoms with Gasteiger partial charge in [-0.2, -0.15) is 0 Å². The van der Waals surface area contributed by atoms with E-state index in [-0.39, 0.29) is 39.0 Å². The van der Waals surface area contributed by atoms with Gasteiger partial charge >= 0.3 is 0 Å². The minimum atomic E-state index is 0. The quantitative estimate of drug-likeness (QED) is 0.229. The topological polar surface area (TPSA) is 77.1 Å². The summed E-state index contributed by atoms with van der Waals surface area (Å²) < 4.78 is 18.5. The van der Waals surface area contributed by atoms with Crippen molar-refractivity contribution >= 4 is 38.7 Å². The van der Waals surface area contributed by atoms with E-state index < -0.39 is 0 Å². The number of rotatable bonds is 3. The van der Waals surface area contributed by atoms with E-state index in [9.17, 15) is 5.11 Å². The number of aromatic hydroxyl groups is 1. The number of nitrogens with zero attached hydrogens (tertiary/aromatic N) is 2. The summed E-state index contributed by atoms with van der Waals surface area (Å²) in [6.45, 7) is 1.94. The molecule has 0 bridgehead atoms. The molecule has 178 valence electrons. The Kier molecular flexibility index (Phi) is 5.30. The fourth-order valence-electron chi connectivity index (χ4n) is 5.13. The molecule has 1 fully saturated rings. The number of fused-ring (bicyclic) bond motifs is 5. The number of aryl methyl sites for hydroxylation is 1. The number of hydrogen-bond donors (Lipinski definition) is 1. The average Bonchev–Trinajstić information content (AvgIpc) is 3.52. The molecule has 2 aromatic heterocycles. The maximum atomic E-state index is 10.4. The molecule has 5 aromatic rings. The zero-order valence-electron chi connectivity index (χ0n) is 18.9. The number of pyridine rings is 1. The minimum Gasteiger partial charge on any atom is -0.515 e. The zero-order chi connectivity index (χ0) is 22.8. The Morgan fingerprint density at radius 1 is 1.06 bits per heavy atom. The Bertz CT molecular complexity index is 1640. The van der Waals surface area contributed by atoms with Gasteiger partial charge in [0.05, 0.1) is 17.4 Å². The summed E-state index contributed by atoms with van der Waals surface area (Å²) in [5, 5.41) is 13.1. The molecule has 0 radical (unpaired) electrons. The monoisotopic (exact) mass is 644 g/mol. The van der Waals surface area contributed by atoms with Crippen LogP contribution in [0.5, 0.6) is 17.4 Å². The molecule has 0 saturated heterocycles. The fourth-order valence-corrected chi connectivity index (χ4v) is 5.13. The number of para-hydroxylation sites is 1. The van der Waals surface area contributed by atoms with Crippen molar-refractivity contribution in [2.24, 2.45) is 4.99 Å². The number of aliphatic imine (C=N–C) groups is 1. The van der Waals surface area contributed by atoms with Crippen molar-refractivity contribution < 1.29 is 40.1 Å². The smallest absolute Gasteiger partial charge is 0.217 e. The molecule has 3 aromatic carbocycles. The molecule has 1 N–H and O–H groups in total. The Morgan fingerprint density at radius 3 is 2.83 bits per heavy atom. The van der Waals surface area contributed by atoms with Crippen LogP contribution in [-0.4, -0.2) is 28.1 Å². The van der Waals surface area contributed by atoms with E-state index in [1.54, 1.807) is 12.1 Å². The van der Waals surface area contributed by atoms with Crippen molar-refractivity contribution in [2.45, 2.75) is 38.3 Å². The molecule has 1 aliphatic heterocycles. The number of phenolic OH excluding ortho intramolecular Hbond substituents is 1. The van der Waals surface area contributed by atoms with E-state index in [2.05, 4.69) is 11.1 Å². The standard InChI is InChI=1S/C28H21N2O4.Pt/c1-15-11-16-9-10-25(30-27(16)21(31)12-15)32-17-13-19(28-29-20-6-4-8-23(20)34-28)26-18-5-2-3-7-22(18)33-24(26)14-17;/h2-3,5,7,9-12,14,20,23,31H,4,6,8H2,1H3;/q-1;/t20-,23-;/m0./s1. The van der Waals surface area contributed by atoms with Crippen LogP contribution in [0.2, 0.25) is 0 Å². The number of hydrogen-bond acceptors (Lipinski definition) is 6. The van der Waals surface area contributed by atoms with Crippen LogP contribution in [0.3, 0.4) is 0 Å². The summed E-state index contributed by atoms with van der Waals surface area (Å²) >= 11 is 0. The molecule has 1 saturated carbocycles. The van der Waals surface area contributed by atoms with Gasteiger partial charge in [-0.25, -0.2) is 4.98 Å². The van der Waals surface area contributed by atoms with Crippen molar-refractivity contribution in [1.82, 2.24) is 4.98 Å². The molecule has 0 unspecified atom stereocenters. The SMILES string of the molecule is Cc1cc(O)c2nc(Oc3[c-]c(C4=N[C@H]5CCC[C@@H]5O4)c4c(c3)oc3ccccc34)ccc2c1.[Pt]. The van der Waals surface area contributed by atoms with E-state index in [4.69, 9.17) is 18.9 Å². The molecule has 6 nitrogen and oxygen atoms in total.